The average Bonchev–Trinajstić information content (AvgIpc) is 2.62. The zero-order chi connectivity index (χ0) is 10.8. The summed E-state index contributed by atoms with van der Waals surface area (Å²) in [4.78, 5) is 11.8. The average molecular weight is 200 g/mol. The van der Waals surface area contributed by atoms with E-state index >= 15 is 0 Å². The van der Waals surface area contributed by atoms with Crippen LogP contribution in [0.4, 0.5) is 0 Å². The summed E-state index contributed by atoms with van der Waals surface area (Å²) in [7, 11) is 0. The van der Waals surface area contributed by atoms with Crippen LogP contribution >= 0.6 is 0 Å². The van der Waals surface area contributed by atoms with E-state index in [0.29, 0.717) is 24.0 Å². The van der Waals surface area contributed by atoms with Crippen molar-refractivity contribution < 1.29 is 4.79 Å². The summed E-state index contributed by atoms with van der Waals surface area (Å²) in [5.74, 6) is 1.27. The highest BCUT2D eigenvalue weighted by Gasteiger charge is 2.26. The van der Waals surface area contributed by atoms with E-state index in [2.05, 4.69) is 19.9 Å². The Balaban J connectivity index is 2.30. The van der Waals surface area contributed by atoms with Crippen LogP contribution in [0.2, 0.25) is 0 Å². The highest BCUT2D eigenvalue weighted by molar-refractivity contribution is 6.22. The van der Waals surface area contributed by atoms with Gasteiger partial charge in [-0.3, -0.25) is 4.79 Å². The van der Waals surface area contributed by atoms with Gasteiger partial charge < -0.3 is 0 Å². The van der Waals surface area contributed by atoms with E-state index in [4.69, 9.17) is 0 Å². The van der Waals surface area contributed by atoms with Gasteiger partial charge in [0.1, 0.15) is 0 Å². The molecule has 0 spiro atoms. The van der Waals surface area contributed by atoms with Crippen molar-refractivity contribution in [1.29, 1.82) is 0 Å². The maximum atomic E-state index is 11.8. The lowest BCUT2D eigenvalue weighted by atomic mass is 9.96. The Morgan fingerprint density at radius 1 is 1.20 bits per heavy atom. The normalized spacial score (nSPS) is 20.9. The Morgan fingerprint density at radius 3 is 2.40 bits per heavy atom. The van der Waals surface area contributed by atoms with Gasteiger partial charge in [0.25, 0.3) is 0 Å². The number of carbonyl (C=O) groups excluding carboxylic acids is 1. The molecule has 1 aromatic rings. The molecule has 0 aromatic heterocycles. The standard InChI is InChI=1S/C14H16O/c1-10(2)12-8-13(14(15)9-12)11-6-4-3-5-7-11/h3-8,10,12H,9H2,1-2H3. The van der Waals surface area contributed by atoms with Crippen molar-refractivity contribution in [2.75, 3.05) is 0 Å². The topological polar surface area (TPSA) is 17.1 Å². The van der Waals surface area contributed by atoms with Gasteiger partial charge >= 0.3 is 0 Å². The molecule has 2 rings (SSSR count). The summed E-state index contributed by atoms with van der Waals surface area (Å²) < 4.78 is 0. The molecule has 0 fully saturated rings. The van der Waals surface area contributed by atoms with Crippen molar-refractivity contribution in [3.8, 4) is 0 Å². The molecule has 0 saturated carbocycles. The number of ketones is 1. The molecule has 1 unspecified atom stereocenters. The van der Waals surface area contributed by atoms with Gasteiger partial charge in [-0.25, -0.2) is 0 Å². The van der Waals surface area contributed by atoms with Crippen LogP contribution in [0.1, 0.15) is 25.8 Å². The first-order chi connectivity index (χ1) is 7.18. The van der Waals surface area contributed by atoms with E-state index in [0.717, 1.165) is 11.1 Å². The number of Topliss-reactive ketones (excluding diaryl/α,β-unsaturated/α-hetero) is 1. The molecule has 1 nitrogen and oxygen atoms in total. The molecule has 1 aromatic carbocycles. The molecule has 0 heterocycles. The molecule has 0 N–H and O–H groups in total. The second kappa shape index (κ2) is 4.01. The van der Waals surface area contributed by atoms with Crippen LogP contribution in [0.25, 0.3) is 5.57 Å². The number of hydrogen-bond donors (Lipinski definition) is 0. The highest BCUT2D eigenvalue weighted by atomic mass is 16.1. The van der Waals surface area contributed by atoms with E-state index in [-0.39, 0.29) is 0 Å². The minimum atomic E-state index is 0.292. The van der Waals surface area contributed by atoms with E-state index in [9.17, 15) is 4.79 Å². The third-order valence-electron chi connectivity index (χ3n) is 3.04. The molecule has 0 amide bonds. The van der Waals surface area contributed by atoms with Gasteiger partial charge in [-0.05, 0) is 17.4 Å². The molecule has 1 heteroatoms. The van der Waals surface area contributed by atoms with Gasteiger partial charge in [-0.2, -0.15) is 0 Å². The fraction of sp³-hybridized carbons (Fsp3) is 0.357. The summed E-state index contributed by atoms with van der Waals surface area (Å²) in [6, 6.07) is 9.95. The second-order valence-electron chi connectivity index (χ2n) is 4.48. The second-order valence-corrected chi connectivity index (χ2v) is 4.48. The summed E-state index contributed by atoms with van der Waals surface area (Å²) in [6.45, 7) is 4.34. The van der Waals surface area contributed by atoms with Crippen LogP contribution in [0.15, 0.2) is 36.4 Å². The molecule has 78 valence electrons. The number of allylic oxidation sites excluding steroid dienone is 2. The Labute approximate surface area is 90.8 Å². The lowest BCUT2D eigenvalue weighted by Gasteiger charge is -2.08. The molecule has 1 aliphatic rings. The van der Waals surface area contributed by atoms with E-state index in [1.807, 2.05) is 30.3 Å². The van der Waals surface area contributed by atoms with Crippen LogP contribution in [0.3, 0.4) is 0 Å². The van der Waals surface area contributed by atoms with Crippen LogP contribution in [0, 0.1) is 11.8 Å². The first-order valence-corrected chi connectivity index (χ1v) is 5.49. The van der Waals surface area contributed by atoms with Crippen molar-refractivity contribution >= 4 is 11.4 Å². The van der Waals surface area contributed by atoms with E-state index in [1.54, 1.807) is 0 Å². The predicted molar refractivity (Wildman–Crippen MR) is 62.4 cm³/mol. The van der Waals surface area contributed by atoms with Gasteiger partial charge in [0, 0.05) is 12.0 Å². The minimum absolute atomic E-state index is 0.292. The first-order valence-electron chi connectivity index (χ1n) is 5.49. The van der Waals surface area contributed by atoms with Crippen molar-refractivity contribution in [2.24, 2.45) is 11.8 Å². The summed E-state index contributed by atoms with van der Waals surface area (Å²) in [5.41, 5.74) is 1.97. The molecule has 0 aliphatic heterocycles. The van der Waals surface area contributed by atoms with Crippen molar-refractivity contribution in [3.05, 3.63) is 42.0 Å². The van der Waals surface area contributed by atoms with E-state index in [1.165, 1.54) is 0 Å². The molecule has 15 heavy (non-hydrogen) atoms. The third kappa shape index (κ3) is 2.01. The van der Waals surface area contributed by atoms with Gasteiger partial charge in [0.05, 0.1) is 0 Å². The fourth-order valence-corrected chi connectivity index (χ4v) is 1.99. The summed E-state index contributed by atoms with van der Waals surface area (Å²) in [6.07, 6.45) is 2.82. The molecule has 1 atom stereocenters. The summed E-state index contributed by atoms with van der Waals surface area (Å²) in [5, 5.41) is 0. The lowest BCUT2D eigenvalue weighted by Crippen LogP contribution is -2.04. The van der Waals surface area contributed by atoms with Gasteiger partial charge in [0.15, 0.2) is 5.78 Å². The van der Waals surface area contributed by atoms with Gasteiger partial charge in [-0.1, -0.05) is 50.3 Å². The van der Waals surface area contributed by atoms with Crippen LogP contribution in [-0.4, -0.2) is 5.78 Å². The zero-order valence-electron chi connectivity index (χ0n) is 9.23. The Hall–Kier alpha value is -1.37. The largest absolute Gasteiger partial charge is 0.294 e. The third-order valence-corrected chi connectivity index (χ3v) is 3.04. The maximum absolute atomic E-state index is 11.8. The van der Waals surface area contributed by atoms with Crippen molar-refractivity contribution in [1.82, 2.24) is 0 Å². The van der Waals surface area contributed by atoms with Gasteiger partial charge in [0.2, 0.25) is 0 Å². The van der Waals surface area contributed by atoms with E-state index < -0.39 is 0 Å². The van der Waals surface area contributed by atoms with Crippen LogP contribution in [-0.2, 0) is 4.79 Å². The fourth-order valence-electron chi connectivity index (χ4n) is 1.99. The van der Waals surface area contributed by atoms with Crippen molar-refractivity contribution in [3.63, 3.8) is 0 Å². The number of carbonyl (C=O) groups is 1. The Bertz CT molecular complexity index is 387. The molecule has 1 aliphatic carbocycles. The lowest BCUT2D eigenvalue weighted by molar-refractivity contribution is -0.113. The first kappa shape index (κ1) is 10.2. The Kier molecular flexibility index (Phi) is 2.72. The number of benzene rings is 1. The van der Waals surface area contributed by atoms with Crippen molar-refractivity contribution in [2.45, 2.75) is 20.3 Å². The van der Waals surface area contributed by atoms with Gasteiger partial charge in [-0.15, -0.1) is 0 Å². The number of hydrogen-bond acceptors (Lipinski definition) is 1. The minimum Gasteiger partial charge on any atom is -0.294 e. The summed E-state index contributed by atoms with van der Waals surface area (Å²) >= 11 is 0. The quantitative estimate of drug-likeness (QED) is 0.715. The highest BCUT2D eigenvalue weighted by Crippen LogP contribution is 2.32. The molecular formula is C14H16O. The SMILES string of the molecule is CC(C)C1C=C(c2ccccc2)C(=O)C1. The predicted octanol–water partition coefficient (Wildman–Crippen LogP) is 3.32. The Morgan fingerprint density at radius 2 is 1.87 bits per heavy atom. The van der Waals surface area contributed by atoms with Crippen LogP contribution in [0.5, 0.6) is 0 Å². The van der Waals surface area contributed by atoms with Crippen LogP contribution < -0.4 is 0 Å². The smallest absolute Gasteiger partial charge is 0.163 e. The molecule has 0 bridgehead atoms. The molecular weight excluding hydrogens is 184 g/mol. The monoisotopic (exact) mass is 200 g/mol. The molecule has 0 radical (unpaired) electrons. The zero-order valence-corrected chi connectivity index (χ0v) is 9.23. The maximum Gasteiger partial charge on any atom is 0.163 e. The molecule has 0 saturated heterocycles. The number of rotatable bonds is 2.